The van der Waals surface area contributed by atoms with Crippen LogP contribution in [0.25, 0.3) is 0 Å². The van der Waals surface area contributed by atoms with Gasteiger partial charge in [-0.15, -0.1) is 0 Å². The van der Waals surface area contributed by atoms with Crippen LogP contribution in [0.1, 0.15) is 23.7 Å². The monoisotopic (exact) mass is 267 g/mol. The van der Waals surface area contributed by atoms with E-state index in [4.69, 9.17) is 15.2 Å². The fourth-order valence-corrected chi connectivity index (χ4v) is 1.37. The van der Waals surface area contributed by atoms with Gasteiger partial charge in [-0.1, -0.05) is 0 Å². The first kappa shape index (κ1) is 14.8. The van der Waals surface area contributed by atoms with Crippen molar-refractivity contribution in [1.82, 2.24) is 0 Å². The van der Waals surface area contributed by atoms with Crippen molar-refractivity contribution in [3.8, 4) is 5.75 Å². The molecule has 2 N–H and O–H groups in total. The lowest BCUT2D eigenvalue weighted by atomic mass is 10.1. The van der Waals surface area contributed by atoms with Crippen LogP contribution in [-0.2, 0) is 14.3 Å². The molecule has 0 atom stereocenters. The number of carbonyl (C=O) groups excluding carboxylic acids is 2. The summed E-state index contributed by atoms with van der Waals surface area (Å²) in [5.74, 6) is -0.416. The van der Waals surface area contributed by atoms with Crippen molar-refractivity contribution in [2.45, 2.75) is 13.3 Å². The smallest absolute Gasteiger partial charge is 0.340 e. The van der Waals surface area contributed by atoms with E-state index in [9.17, 15) is 9.59 Å². The zero-order chi connectivity index (χ0) is 14.3. The summed E-state index contributed by atoms with van der Waals surface area (Å²) in [4.78, 5) is 22.5. The van der Waals surface area contributed by atoms with Gasteiger partial charge in [-0.25, -0.2) is 4.79 Å². The van der Waals surface area contributed by atoms with Gasteiger partial charge in [-0.3, -0.25) is 4.79 Å². The molecule has 0 saturated heterocycles. The molecule has 0 saturated carbocycles. The summed E-state index contributed by atoms with van der Waals surface area (Å²) in [6.07, 6.45) is 0.135. The third-order valence-corrected chi connectivity index (χ3v) is 2.32. The summed E-state index contributed by atoms with van der Waals surface area (Å²) in [6.45, 7) is 2.15. The standard InChI is InChI=1S/C13H17NO5/c1-3-18-13(16)10-8-9(4-5-11(10)14)19-7-6-12(15)17-2/h4-5,8H,3,6-7,14H2,1-2H3. The maximum atomic E-state index is 11.6. The highest BCUT2D eigenvalue weighted by Gasteiger charge is 2.12. The molecule has 0 aliphatic carbocycles. The van der Waals surface area contributed by atoms with E-state index < -0.39 is 5.97 Å². The van der Waals surface area contributed by atoms with Gasteiger partial charge < -0.3 is 19.9 Å². The molecule has 19 heavy (non-hydrogen) atoms. The van der Waals surface area contributed by atoms with Gasteiger partial charge in [0.2, 0.25) is 0 Å². The number of ether oxygens (including phenoxy) is 3. The first-order valence-corrected chi connectivity index (χ1v) is 5.84. The minimum absolute atomic E-state index is 0.135. The van der Waals surface area contributed by atoms with E-state index in [2.05, 4.69) is 4.74 Å². The normalized spacial score (nSPS) is 9.79. The number of hydrogen-bond acceptors (Lipinski definition) is 6. The molecule has 1 rings (SSSR count). The number of benzene rings is 1. The largest absolute Gasteiger partial charge is 0.493 e. The predicted molar refractivity (Wildman–Crippen MR) is 68.9 cm³/mol. The maximum Gasteiger partial charge on any atom is 0.340 e. The van der Waals surface area contributed by atoms with Crippen molar-refractivity contribution in [2.24, 2.45) is 0 Å². The van der Waals surface area contributed by atoms with E-state index in [-0.39, 0.29) is 31.2 Å². The summed E-state index contributed by atoms with van der Waals surface area (Å²) in [7, 11) is 1.31. The Bertz CT molecular complexity index is 458. The van der Waals surface area contributed by atoms with Gasteiger partial charge in [0.05, 0.1) is 32.3 Å². The van der Waals surface area contributed by atoms with E-state index in [0.29, 0.717) is 11.4 Å². The van der Waals surface area contributed by atoms with Crippen LogP contribution >= 0.6 is 0 Å². The van der Waals surface area contributed by atoms with Gasteiger partial charge in [0.1, 0.15) is 5.75 Å². The Balaban J connectivity index is 2.68. The first-order valence-electron chi connectivity index (χ1n) is 5.84. The number of carbonyl (C=O) groups is 2. The molecule has 0 aliphatic heterocycles. The number of esters is 2. The Morgan fingerprint density at radius 1 is 1.32 bits per heavy atom. The minimum atomic E-state index is -0.501. The SMILES string of the molecule is CCOC(=O)c1cc(OCCC(=O)OC)ccc1N. The van der Waals surface area contributed by atoms with Gasteiger partial charge in [-0.2, -0.15) is 0 Å². The molecular formula is C13H17NO5. The van der Waals surface area contributed by atoms with E-state index in [1.54, 1.807) is 19.1 Å². The fourth-order valence-electron chi connectivity index (χ4n) is 1.37. The van der Waals surface area contributed by atoms with Crippen LogP contribution in [0, 0.1) is 0 Å². The molecule has 0 aromatic heterocycles. The molecule has 0 fully saturated rings. The highest BCUT2D eigenvalue weighted by molar-refractivity contribution is 5.95. The van der Waals surface area contributed by atoms with Crippen LogP contribution in [0.15, 0.2) is 18.2 Å². The second kappa shape index (κ2) is 7.25. The Labute approximate surface area is 111 Å². The molecule has 1 aromatic rings. The average molecular weight is 267 g/mol. The lowest BCUT2D eigenvalue weighted by Gasteiger charge is -2.09. The fraction of sp³-hybridized carbons (Fsp3) is 0.385. The minimum Gasteiger partial charge on any atom is -0.493 e. The number of hydrogen-bond donors (Lipinski definition) is 1. The molecule has 6 nitrogen and oxygen atoms in total. The van der Waals surface area contributed by atoms with Crippen LogP contribution in [0.4, 0.5) is 5.69 Å². The van der Waals surface area contributed by atoms with Gasteiger partial charge in [0.15, 0.2) is 0 Å². The van der Waals surface area contributed by atoms with E-state index in [0.717, 1.165) is 0 Å². The highest BCUT2D eigenvalue weighted by Crippen LogP contribution is 2.20. The van der Waals surface area contributed by atoms with Gasteiger partial charge in [0, 0.05) is 5.69 Å². The van der Waals surface area contributed by atoms with Crippen molar-refractivity contribution in [1.29, 1.82) is 0 Å². The first-order chi connectivity index (χ1) is 9.08. The number of anilines is 1. The maximum absolute atomic E-state index is 11.6. The predicted octanol–water partition coefficient (Wildman–Crippen LogP) is 1.39. The molecule has 104 valence electrons. The van der Waals surface area contributed by atoms with Crippen LogP contribution in [0.2, 0.25) is 0 Å². The van der Waals surface area contributed by atoms with E-state index in [1.165, 1.54) is 13.2 Å². The van der Waals surface area contributed by atoms with Crippen LogP contribution < -0.4 is 10.5 Å². The Hall–Kier alpha value is -2.24. The summed E-state index contributed by atoms with van der Waals surface area (Å²) < 4.78 is 14.7. The molecule has 0 radical (unpaired) electrons. The zero-order valence-corrected chi connectivity index (χ0v) is 11.0. The highest BCUT2D eigenvalue weighted by atomic mass is 16.5. The van der Waals surface area contributed by atoms with Crippen LogP contribution in [0.3, 0.4) is 0 Å². The second-order valence-electron chi connectivity index (χ2n) is 3.64. The van der Waals surface area contributed by atoms with Gasteiger partial charge in [-0.05, 0) is 25.1 Å². The van der Waals surface area contributed by atoms with Gasteiger partial charge >= 0.3 is 11.9 Å². The molecule has 0 spiro atoms. The topological polar surface area (TPSA) is 87.8 Å². The molecular weight excluding hydrogens is 250 g/mol. The molecule has 0 unspecified atom stereocenters. The van der Waals surface area contributed by atoms with Crippen molar-refractivity contribution >= 4 is 17.6 Å². The lowest BCUT2D eigenvalue weighted by Crippen LogP contribution is -2.10. The summed E-state index contributed by atoms with van der Waals surface area (Å²) in [6, 6.07) is 4.67. The number of nitrogen functional groups attached to an aromatic ring is 1. The van der Waals surface area contributed by atoms with Gasteiger partial charge in [0.25, 0.3) is 0 Å². The molecule has 6 heteroatoms. The Morgan fingerprint density at radius 2 is 2.05 bits per heavy atom. The van der Waals surface area contributed by atoms with Crippen molar-refractivity contribution < 1.29 is 23.8 Å². The van der Waals surface area contributed by atoms with Crippen molar-refractivity contribution in [3.63, 3.8) is 0 Å². The molecule has 0 heterocycles. The number of nitrogens with two attached hydrogens (primary N) is 1. The molecule has 0 amide bonds. The van der Waals surface area contributed by atoms with Crippen LogP contribution in [-0.4, -0.2) is 32.3 Å². The van der Waals surface area contributed by atoms with Crippen LogP contribution in [0.5, 0.6) is 5.75 Å². The van der Waals surface area contributed by atoms with Crippen molar-refractivity contribution in [2.75, 3.05) is 26.1 Å². The van der Waals surface area contributed by atoms with E-state index in [1.807, 2.05) is 0 Å². The Morgan fingerprint density at radius 3 is 2.68 bits per heavy atom. The quantitative estimate of drug-likeness (QED) is 0.619. The zero-order valence-electron chi connectivity index (χ0n) is 11.0. The summed E-state index contributed by atoms with van der Waals surface area (Å²) in [5.41, 5.74) is 6.25. The third kappa shape index (κ3) is 4.50. The second-order valence-corrected chi connectivity index (χ2v) is 3.64. The molecule has 0 bridgehead atoms. The third-order valence-electron chi connectivity index (χ3n) is 2.32. The van der Waals surface area contributed by atoms with E-state index >= 15 is 0 Å². The molecule has 0 aliphatic rings. The Kier molecular flexibility index (Phi) is 5.66. The number of methoxy groups -OCH3 is 1. The molecule has 1 aromatic carbocycles. The summed E-state index contributed by atoms with van der Waals surface area (Å²) >= 11 is 0. The summed E-state index contributed by atoms with van der Waals surface area (Å²) in [5, 5.41) is 0. The number of rotatable bonds is 6. The average Bonchev–Trinajstić information content (AvgIpc) is 2.40. The lowest BCUT2D eigenvalue weighted by molar-refractivity contribution is -0.141. The van der Waals surface area contributed by atoms with Crippen molar-refractivity contribution in [3.05, 3.63) is 23.8 Å².